The van der Waals surface area contributed by atoms with Crippen LogP contribution in [0.3, 0.4) is 0 Å². The molecule has 0 aliphatic rings. The molecule has 0 saturated carbocycles. The van der Waals surface area contributed by atoms with Crippen LogP contribution in [0.5, 0.6) is 0 Å². The first kappa shape index (κ1) is 17.1. The molecule has 1 aromatic carbocycles. The Kier molecular flexibility index (Phi) is 5.68. The number of nitrogen functional groups attached to an aromatic ring is 1. The second kappa shape index (κ2) is 6.66. The van der Waals surface area contributed by atoms with E-state index >= 15 is 0 Å². The number of carbonyl (C=O) groups excluding carboxylic acids is 1. The number of halogens is 2. The Bertz CT molecular complexity index is 499. The molecule has 0 bridgehead atoms. The fourth-order valence-corrected chi connectivity index (χ4v) is 2.28. The minimum Gasteiger partial charge on any atom is -0.399 e. The summed E-state index contributed by atoms with van der Waals surface area (Å²) in [4.78, 5) is 12.0. The fourth-order valence-electron chi connectivity index (χ4n) is 1.86. The number of rotatable bonds is 4. The van der Waals surface area contributed by atoms with Crippen molar-refractivity contribution in [2.24, 2.45) is 5.41 Å². The highest BCUT2D eigenvalue weighted by Gasteiger charge is 2.19. The third-order valence-electron chi connectivity index (χ3n) is 2.64. The summed E-state index contributed by atoms with van der Waals surface area (Å²) in [5, 5.41) is 12.9. The van der Waals surface area contributed by atoms with Crippen molar-refractivity contribution in [1.82, 2.24) is 5.32 Å². The Morgan fingerprint density at radius 1 is 1.40 bits per heavy atom. The third-order valence-corrected chi connectivity index (χ3v) is 3.44. The summed E-state index contributed by atoms with van der Waals surface area (Å²) in [5.41, 5.74) is 6.19. The number of nitrogens with two attached hydrogens (primary N) is 1. The SMILES string of the molecule is CC(C)(C)CC(O)CNC(=O)c1cc(N)cc(Cl)c1Cl. The molecule has 0 aliphatic carbocycles. The van der Waals surface area contributed by atoms with Gasteiger partial charge in [0.15, 0.2) is 0 Å². The number of anilines is 1. The Morgan fingerprint density at radius 3 is 2.55 bits per heavy atom. The first-order chi connectivity index (χ1) is 9.10. The highest BCUT2D eigenvalue weighted by Crippen LogP contribution is 2.28. The summed E-state index contributed by atoms with van der Waals surface area (Å²) >= 11 is 11.8. The summed E-state index contributed by atoms with van der Waals surface area (Å²) < 4.78 is 0. The van der Waals surface area contributed by atoms with Crippen LogP contribution in [-0.2, 0) is 0 Å². The smallest absolute Gasteiger partial charge is 0.253 e. The fraction of sp³-hybridized carbons (Fsp3) is 0.500. The van der Waals surface area contributed by atoms with Crippen molar-refractivity contribution < 1.29 is 9.90 Å². The summed E-state index contributed by atoms with van der Waals surface area (Å²) in [7, 11) is 0. The van der Waals surface area contributed by atoms with Gasteiger partial charge in [-0.15, -0.1) is 0 Å². The molecule has 1 aromatic rings. The van der Waals surface area contributed by atoms with Crippen molar-refractivity contribution in [3.63, 3.8) is 0 Å². The van der Waals surface area contributed by atoms with Gasteiger partial charge in [0.1, 0.15) is 0 Å². The van der Waals surface area contributed by atoms with Crippen molar-refractivity contribution in [1.29, 1.82) is 0 Å². The van der Waals surface area contributed by atoms with Crippen LogP contribution in [0.2, 0.25) is 10.0 Å². The van der Waals surface area contributed by atoms with Crippen LogP contribution < -0.4 is 11.1 Å². The number of amides is 1. The molecule has 0 fully saturated rings. The van der Waals surface area contributed by atoms with Gasteiger partial charge in [-0.3, -0.25) is 4.79 Å². The lowest BCUT2D eigenvalue weighted by molar-refractivity contribution is 0.0869. The molecular weight excluding hydrogens is 299 g/mol. The maximum absolute atomic E-state index is 12.0. The van der Waals surface area contributed by atoms with E-state index in [0.717, 1.165) is 0 Å². The summed E-state index contributed by atoms with van der Waals surface area (Å²) in [6, 6.07) is 2.94. The Labute approximate surface area is 129 Å². The number of hydrogen-bond acceptors (Lipinski definition) is 3. The standard InChI is InChI=1S/C14H20Cl2N2O2/c1-14(2,3)6-9(19)7-18-13(20)10-4-8(17)5-11(15)12(10)16/h4-5,9,19H,6-7,17H2,1-3H3,(H,18,20). The Morgan fingerprint density at radius 2 is 2.00 bits per heavy atom. The topological polar surface area (TPSA) is 75.3 Å². The minimum absolute atomic E-state index is 0.0116. The number of aliphatic hydroxyl groups excluding tert-OH is 1. The summed E-state index contributed by atoms with van der Waals surface area (Å²) in [6.07, 6.45) is -0.0344. The zero-order valence-corrected chi connectivity index (χ0v) is 13.3. The second-order valence-electron chi connectivity index (χ2n) is 5.99. The van der Waals surface area contributed by atoms with Crippen molar-refractivity contribution >= 4 is 34.8 Å². The van der Waals surface area contributed by atoms with E-state index in [1.54, 1.807) is 0 Å². The van der Waals surface area contributed by atoms with E-state index in [4.69, 9.17) is 28.9 Å². The molecule has 0 heterocycles. The molecule has 1 atom stereocenters. The highest BCUT2D eigenvalue weighted by atomic mass is 35.5. The van der Waals surface area contributed by atoms with Gasteiger partial charge in [0.05, 0.1) is 21.7 Å². The molecule has 6 heteroatoms. The first-order valence-electron chi connectivity index (χ1n) is 6.31. The number of hydrogen-bond donors (Lipinski definition) is 3. The Balaban J connectivity index is 2.69. The average molecular weight is 319 g/mol. The van der Waals surface area contributed by atoms with Gasteiger partial charge in [-0.05, 0) is 24.0 Å². The highest BCUT2D eigenvalue weighted by molar-refractivity contribution is 6.44. The van der Waals surface area contributed by atoms with E-state index in [-0.39, 0.29) is 27.6 Å². The summed E-state index contributed by atoms with van der Waals surface area (Å²) in [5.74, 6) is -0.405. The van der Waals surface area contributed by atoms with E-state index in [0.29, 0.717) is 12.1 Å². The van der Waals surface area contributed by atoms with Crippen LogP contribution in [0.15, 0.2) is 12.1 Å². The van der Waals surface area contributed by atoms with Crippen LogP contribution in [0.4, 0.5) is 5.69 Å². The number of aliphatic hydroxyl groups is 1. The van der Waals surface area contributed by atoms with Crippen molar-refractivity contribution in [3.8, 4) is 0 Å². The predicted octanol–water partition coefficient (Wildman–Crippen LogP) is 3.10. The third kappa shape index (κ3) is 5.19. The number of benzene rings is 1. The van der Waals surface area contributed by atoms with Crippen LogP contribution in [-0.4, -0.2) is 23.7 Å². The van der Waals surface area contributed by atoms with E-state index in [1.807, 2.05) is 20.8 Å². The second-order valence-corrected chi connectivity index (χ2v) is 6.78. The largest absolute Gasteiger partial charge is 0.399 e. The van der Waals surface area contributed by atoms with Crippen molar-refractivity contribution in [2.75, 3.05) is 12.3 Å². The van der Waals surface area contributed by atoms with Gasteiger partial charge in [0.2, 0.25) is 0 Å². The molecule has 112 valence electrons. The molecule has 0 saturated heterocycles. The normalized spacial score (nSPS) is 13.1. The van der Waals surface area contributed by atoms with Crippen molar-refractivity contribution in [2.45, 2.75) is 33.3 Å². The zero-order valence-electron chi connectivity index (χ0n) is 11.8. The lowest BCUT2D eigenvalue weighted by atomic mass is 9.89. The van der Waals surface area contributed by atoms with Gasteiger partial charge in [0, 0.05) is 12.2 Å². The van der Waals surface area contributed by atoms with E-state index in [9.17, 15) is 9.90 Å². The van der Waals surface area contributed by atoms with Crippen molar-refractivity contribution in [3.05, 3.63) is 27.7 Å². The van der Waals surface area contributed by atoms with Crippen LogP contribution in [0, 0.1) is 5.41 Å². The van der Waals surface area contributed by atoms with E-state index in [1.165, 1.54) is 12.1 Å². The lowest BCUT2D eigenvalue weighted by Crippen LogP contribution is -2.34. The van der Waals surface area contributed by atoms with E-state index < -0.39 is 12.0 Å². The van der Waals surface area contributed by atoms with E-state index in [2.05, 4.69) is 5.32 Å². The van der Waals surface area contributed by atoms with Gasteiger partial charge in [0.25, 0.3) is 5.91 Å². The molecule has 1 unspecified atom stereocenters. The van der Waals surface area contributed by atoms with Gasteiger partial charge in [-0.1, -0.05) is 44.0 Å². The maximum Gasteiger partial charge on any atom is 0.253 e. The quantitative estimate of drug-likeness (QED) is 0.747. The molecule has 1 amide bonds. The lowest BCUT2D eigenvalue weighted by Gasteiger charge is -2.22. The minimum atomic E-state index is -0.616. The molecule has 0 spiro atoms. The first-order valence-corrected chi connectivity index (χ1v) is 7.06. The molecule has 20 heavy (non-hydrogen) atoms. The molecular formula is C14H20Cl2N2O2. The molecule has 0 aliphatic heterocycles. The van der Waals surface area contributed by atoms with Gasteiger partial charge in [-0.2, -0.15) is 0 Å². The Hall–Kier alpha value is -0.970. The van der Waals surface area contributed by atoms with Crippen LogP contribution in [0.25, 0.3) is 0 Å². The monoisotopic (exact) mass is 318 g/mol. The molecule has 0 radical (unpaired) electrons. The summed E-state index contributed by atoms with van der Waals surface area (Å²) in [6.45, 7) is 6.21. The van der Waals surface area contributed by atoms with Gasteiger partial charge >= 0.3 is 0 Å². The zero-order chi connectivity index (χ0) is 15.5. The average Bonchev–Trinajstić information content (AvgIpc) is 2.28. The van der Waals surface area contributed by atoms with Crippen LogP contribution in [0.1, 0.15) is 37.6 Å². The molecule has 0 aromatic heterocycles. The van der Waals surface area contributed by atoms with Gasteiger partial charge in [-0.25, -0.2) is 0 Å². The van der Waals surface area contributed by atoms with Crippen LogP contribution >= 0.6 is 23.2 Å². The maximum atomic E-state index is 12.0. The number of nitrogens with one attached hydrogen (secondary N) is 1. The molecule has 4 nitrogen and oxygen atoms in total. The predicted molar refractivity (Wildman–Crippen MR) is 83.3 cm³/mol. The number of carbonyl (C=O) groups is 1. The van der Waals surface area contributed by atoms with Gasteiger partial charge < -0.3 is 16.2 Å². The molecule has 4 N–H and O–H groups in total. The molecule has 1 rings (SSSR count).